The summed E-state index contributed by atoms with van der Waals surface area (Å²) in [5.41, 5.74) is 2.79. The number of fused-ring (bicyclic) bond motifs is 1. The number of hydrogen-bond acceptors (Lipinski definition) is 5. The molecule has 0 saturated carbocycles. The fourth-order valence-corrected chi connectivity index (χ4v) is 3.87. The molecule has 2 amide bonds. The molecule has 160 valence electrons. The highest BCUT2D eigenvalue weighted by Gasteiger charge is 2.29. The molecule has 2 aromatic heterocycles. The van der Waals surface area contributed by atoms with Crippen molar-refractivity contribution in [3.8, 4) is 0 Å². The lowest BCUT2D eigenvalue weighted by atomic mass is 9.95. The van der Waals surface area contributed by atoms with Crippen molar-refractivity contribution in [3.63, 3.8) is 0 Å². The van der Waals surface area contributed by atoms with Gasteiger partial charge in [-0.25, -0.2) is 4.98 Å². The number of carbonyl (C=O) groups excluding carboxylic acids is 2. The number of nitrogens with zero attached hydrogens (tertiary/aromatic N) is 4. The van der Waals surface area contributed by atoms with Crippen molar-refractivity contribution in [3.05, 3.63) is 87.5 Å². The number of oxazole rings is 1. The van der Waals surface area contributed by atoms with Crippen molar-refractivity contribution in [2.45, 2.75) is 25.9 Å². The summed E-state index contributed by atoms with van der Waals surface area (Å²) in [6.07, 6.45) is 5.43. The van der Waals surface area contributed by atoms with Gasteiger partial charge in [0.25, 0.3) is 17.4 Å². The van der Waals surface area contributed by atoms with Crippen molar-refractivity contribution < 1.29 is 14.0 Å². The van der Waals surface area contributed by atoms with Gasteiger partial charge in [-0.3, -0.25) is 14.4 Å². The van der Waals surface area contributed by atoms with Crippen LogP contribution in [0.2, 0.25) is 0 Å². The molecule has 8 nitrogen and oxygen atoms in total. The first kappa shape index (κ1) is 20.6. The van der Waals surface area contributed by atoms with Gasteiger partial charge in [0.05, 0.1) is 0 Å². The lowest BCUT2D eigenvalue weighted by Gasteiger charge is -2.30. The Morgan fingerprint density at radius 1 is 1.19 bits per heavy atom. The minimum atomic E-state index is -0.313. The van der Waals surface area contributed by atoms with Crippen molar-refractivity contribution in [1.29, 1.82) is 0 Å². The smallest absolute Gasteiger partial charge is 0.276 e. The predicted octanol–water partition coefficient (Wildman–Crippen LogP) is 1.98. The van der Waals surface area contributed by atoms with Crippen LogP contribution in [0, 0.1) is 0 Å². The molecule has 0 unspecified atom stereocenters. The number of hydrogen-bond donors (Lipinski definition) is 0. The number of rotatable bonds is 5. The molecule has 0 aliphatic carbocycles. The molecule has 3 aromatic rings. The third-order valence-corrected chi connectivity index (χ3v) is 5.51. The van der Waals surface area contributed by atoms with Gasteiger partial charge in [-0.2, -0.15) is 0 Å². The van der Waals surface area contributed by atoms with Gasteiger partial charge in [0.2, 0.25) is 0 Å². The molecule has 0 N–H and O–H groups in total. The first-order chi connectivity index (χ1) is 15.0. The van der Waals surface area contributed by atoms with E-state index < -0.39 is 0 Å². The van der Waals surface area contributed by atoms with E-state index in [9.17, 15) is 14.4 Å². The van der Waals surface area contributed by atoms with Gasteiger partial charge in [0.1, 0.15) is 11.8 Å². The third-order valence-electron chi connectivity index (χ3n) is 5.51. The van der Waals surface area contributed by atoms with E-state index in [-0.39, 0.29) is 28.6 Å². The van der Waals surface area contributed by atoms with E-state index in [2.05, 4.69) is 4.98 Å². The molecule has 0 saturated heterocycles. The molecular formula is C23H24N4O4. The van der Waals surface area contributed by atoms with Crippen molar-refractivity contribution >= 4 is 11.8 Å². The topological polar surface area (TPSA) is 88.7 Å². The summed E-state index contributed by atoms with van der Waals surface area (Å²) in [4.78, 5) is 45.8. The molecule has 0 spiro atoms. The largest absolute Gasteiger partial charge is 0.451 e. The van der Waals surface area contributed by atoms with E-state index in [1.165, 1.54) is 17.6 Å². The van der Waals surface area contributed by atoms with Crippen LogP contribution >= 0.6 is 0 Å². The maximum atomic E-state index is 13.2. The lowest BCUT2D eigenvalue weighted by molar-refractivity contribution is 0.0727. The fraction of sp³-hybridized carbons (Fsp3) is 0.304. The molecule has 3 heterocycles. The van der Waals surface area contributed by atoms with Crippen molar-refractivity contribution in [2.75, 3.05) is 20.6 Å². The van der Waals surface area contributed by atoms with Gasteiger partial charge in [-0.05, 0) is 29.5 Å². The highest BCUT2D eigenvalue weighted by molar-refractivity contribution is 5.96. The Labute approximate surface area is 179 Å². The van der Waals surface area contributed by atoms with Gasteiger partial charge >= 0.3 is 0 Å². The Morgan fingerprint density at radius 2 is 1.97 bits per heavy atom. The number of carbonyl (C=O) groups is 2. The van der Waals surface area contributed by atoms with Crippen LogP contribution in [0.4, 0.5) is 0 Å². The zero-order valence-corrected chi connectivity index (χ0v) is 17.6. The van der Waals surface area contributed by atoms with Gasteiger partial charge in [0.15, 0.2) is 12.1 Å². The van der Waals surface area contributed by atoms with Crippen LogP contribution in [0.3, 0.4) is 0 Å². The van der Waals surface area contributed by atoms with Gasteiger partial charge < -0.3 is 18.8 Å². The highest BCUT2D eigenvalue weighted by Crippen LogP contribution is 2.23. The average Bonchev–Trinajstić information content (AvgIpc) is 3.32. The Balaban J connectivity index is 1.69. The maximum absolute atomic E-state index is 13.2. The van der Waals surface area contributed by atoms with E-state index in [0.29, 0.717) is 32.5 Å². The summed E-state index contributed by atoms with van der Waals surface area (Å²) in [5, 5.41) is 0. The Morgan fingerprint density at radius 3 is 2.65 bits per heavy atom. The fourth-order valence-electron chi connectivity index (χ4n) is 3.87. The van der Waals surface area contributed by atoms with Crippen LogP contribution in [-0.4, -0.2) is 51.8 Å². The van der Waals surface area contributed by atoms with E-state index in [1.54, 1.807) is 29.8 Å². The molecule has 0 atom stereocenters. The molecule has 0 radical (unpaired) electrons. The monoisotopic (exact) mass is 420 g/mol. The molecule has 4 rings (SSSR count). The van der Waals surface area contributed by atoms with Gasteiger partial charge in [-0.1, -0.05) is 30.3 Å². The second-order valence-electron chi connectivity index (χ2n) is 7.79. The Kier molecular flexibility index (Phi) is 5.70. The van der Waals surface area contributed by atoms with Crippen LogP contribution in [0.15, 0.2) is 58.4 Å². The van der Waals surface area contributed by atoms with E-state index in [1.807, 2.05) is 30.3 Å². The number of pyridine rings is 1. The summed E-state index contributed by atoms with van der Waals surface area (Å²) in [5.74, 6) is -0.548. The zero-order chi connectivity index (χ0) is 22.0. The summed E-state index contributed by atoms with van der Waals surface area (Å²) in [6.45, 7) is 1.15. The first-order valence-corrected chi connectivity index (χ1v) is 10.1. The predicted molar refractivity (Wildman–Crippen MR) is 114 cm³/mol. The quantitative estimate of drug-likeness (QED) is 0.630. The molecule has 1 aliphatic rings. The van der Waals surface area contributed by atoms with E-state index in [4.69, 9.17) is 4.42 Å². The van der Waals surface area contributed by atoms with Crippen molar-refractivity contribution in [2.24, 2.45) is 0 Å². The standard InChI is InChI=1S/C23H24N4O4/c1-25(2)22(29)20-18-9-11-26(21(28)19-14-31-15-24-19)12-17(18)13-27(23(20)30)10-8-16-6-4-3-5-7-16/h3-7,13-15H,8-12H2,1-2H3. The summed E-state index contributed by atoms with van der Waals surface area (Å²) >= 11 is 0. The molecule has 0 bridgehead atoms. The Hall–Kier alpha value is -3.68. The van der Waals surface area contributed by atoms with Crippen LogP contribution in [0.5, 0.6) is 0 Å². The second-order valence-corrected chi connectivity index (χ2v) is 7.79. The molecule has 1 aliphatic heterocycles. The molecule has 1 aromatic carbocycles. The molecule has 8 heteroatoms. The summed E-state index contributed by atoms with van der Waals surface area (Å²) in [6, 6.07) is 9.88. The number of benzene rings is 1. The minimum Gasteiger partial charge on any atom is -0.451 e. The zero-order valence-electron chi connectivity index (χ0n) is 17.6. The van der Waals surface area contributed by atoms with Crippen molar-refractivity contribution in [1.82, 2.24) is 19.4 Å². The van der Waals surface area contributed by atoms with Gasteiger partial charge in [-0.15, -0.1) is 0 Å². The van der Waals surface area contributed by atoms with Crippen LogP contribution < -0.4 is 5.56 Å². The first-order valence-electron chi connectivity index (χ1n) is 10.1. The average molecular weight is 420 g/mol. The third kappa shape index (κ3) is 4.14. The molecule has 0 fully saturated rings. The number of aromatic nitrogens is 2. The highest BCUT2D eigenvalue weighted by atomic mass is 16.3. The SMILES string of the molecule is CN(C)C(=O)c1c2c(cn(CCc3ccccc3)c1=O)CN(C(=O)c1cocn1)CC2. The normalized spacial score (nSPS) is 13.0. The number of amides is 2. The van der Waals surface area contributed by atoms with Crippen LogP contribution in [0.25, 0.3) is 0 Å². The summed E-state index contributed by atoms with van der Waals surface area (Å²) < 4.78 is 6.52. The summed E-state index contributed by atoms with van der Waals surface area (Å²) in [7, 11) is 3.28. The second kappa shape index (κ2) is 8.59. The molecular weight excluding hydrogens is 396 g/mol. The number of aryl methyl sites for hydroxylation is 2. The van der Waals surface area contributed by atoms with Crippen LogP contribution in [0.1, 0.15) is 37.5 Å². The minimum absolute atomic E-state index is 0.198. The van der Waals surface area contributed by atoms with Crippen LogP contribution in [-0.2, 0) is 25.9 Å². The van der Waals surface area contributed by atoms with E-state index >= 15 is 0 Å². The lowest BCUT2D eigenvalue weighted by Crippen LogP contribution is -2.41. The maximum Gasteiger partial charge on any atom is 0.276 e. The van der Waals surface area contributed by atoms with E-state index in [0.717, 1.165) is 16.7 Å². The van der Waals surface area contributed by atoms with Gasteiger partial charge in [0, 0.05) is 39.9 Å². The molecule has 31 heavy (non-hydrogen) atoms. The Bertz CT molecular complexity index is 1150.